The van der Waals surface area contributed by atoms with Crippen molar-refractivity contribution < 1.29 is 4.79 Å². The van der Waals surface area contributed by atoms with Crippen molar-refractivity contribution in [2.24, 2.45) is 5.10 Å². The molecule has 0 aliphatic rings. The molecule has 29 heavy (non-hydrogen) atoms. The summed E-state index contributed by atoms with van der Waals surface area (Å²) in [6, 6.07) is 27.4. The van der Waals surface area contributed by atoms with Gasteiger partial charge in [0.1, 0.15) is 5.69 Å². The van der Waals surface area contributed by atoms with Gasteiger partial charge in [-0.15, -0.1) is 0 Å². The number of para-hydroxylation sites is 1. The van der Waals surface area contributed by atoms with Crippen molar-refractivity contribution in [1.29, 1.82) is 0 Å². The van der Waals surface area contributed by atoms with Gasteiger partial charge in [-0.05, 0) is 42.3 Å². The Labute approximate surface area is 169 Å². The van der Waals surface area contributed by atoms with E-state index in [4.69, 9.17) is 5.73 Å². The number of benzene rings is 3. The molecule has 3 aromatic carbocycles. The maximum Gasteiger partial charge on any atom is 0.288 e. The fourth-order valence-electron chi connectivity index (χ4n) is 3.32. The predicted octanol–water partition coefficient (Wildman–Crippen LogP) is 4.43. The normalized spacial score (nSPS) is 11.6. The van der Waals surface area contributed by atoms with Crippen LogP contribution in [0, 0.1) is 0 Å². The Balaban J connectivity index is 1.64. The van der Waals surface area contributed by atoms with Gasteiger partial charge in [-0.3, -0.25) is 4.79 Å². The number of nitrogens with zero attached hydrogens (tertiary/aromatic N) is 2. The van der Waals surface area contributed by atoms with Crippen LogP contribution in [0.3, 0.4) is 0 Å². The smallest absolute Gasteiger partial charge is 0.288 e. The highest BCUT2D eigenvalue weighted by Gasteiger charge is 2.15. The van der Waals surface area contributed by atoms with Gasteiger partial charge in [0.15, 0.2) is 0 Å². The van der Waals surface area contributed by atoms with Gasteiger partial charge in [0.25, 0.3) is 5.91 Å². The van der Waals surface area contributed by atoms with Crippen LogP contribution in [0.5, 0.6) is 0 Å². The van der Waals surface area contributed by atoms with Crippen LogP contribution in [-0.4, -0.2) is 16.2 Å². The molecular formula is C24H22N4O. The number of aromatic nitrogens is 1. The lowest BCUT2D eigenvalue weighted by Crippen LogP contribution is -2.23. The van der Waals surface area contributed by atoms with Crippen molar-refractivity contribution in [2.45, 2.75) is 13.5 Å². The molecule has 3 N–H and O–H groups in total. The first kappa shape index (κ1) is 18.5. The second kappa shape index (κ2) is 8.02. The first-order valence-corrected chi connectivity index (χ1v) is 9.44. The molecule has 0 unspecified atom stereocenters. The third-order valence-corrected chi connectivity index (χ3v) is 4.88. The van der Waals surface area contributed by atoms with E-state index in [1.165, 1.54) is 0 Å². The molecule has 5 nitrogen and oxygen atoms in total. The van der Waals surface area contributed by atoms with Crippen LogP contribution in [0.1, 0.15) is 28.5 Å². The van der Waals surface area contributed by atoms with Crippen molar-refractivity contribution in [2.75, 3.05) is 5.73 Å². The number of carbonyl (C=O) groups excluding carboxylic acids is 1. The first-order valence-electron chi connectivity index (χ1n) is 9.44. The van der Waals surface area contributed by atoms with Gasteiger partial charge in [-0.25, -0.2) is 5.43 Å². The molecule has 0 fully saturated rings. The zero-order valence-corrected chi connectivity index (χ0v) is 16.2. The van der Waals surface area contributed by atoms with E-state index in [0.29, 0.717) is 23.6 Å². The summed E-state index contributed by atoms with van der Waals surface area (Å²) in [6.07, 6.45) is 0. The van der Waals surface area contributed by atoms with Gasteiger partial charge in [-0.2, -0.15) is 5.10 Å². The summed E-state index contributed by atoms with van der Waals surface area (Å²) in [4.78, 5) is 13.0. The summed E-state index contributed by atoms with van der Waals surface area (Å²) in [5.74, 6) is -0.244. The van der Waals surface area contributed by atoms with Crippen molar-refractivity contribution >= 4 is 28.2 Å². The number of anilines is 1. The molecule has 0 spiro atoms. The molecule has 1 heterocycles. The second-order valence-electron chi connectivity index (χ2n) is 6.92. The summed E-state index contributed by atoms with van der Waals surface area (Å²) in [5, 5.41) is 5.30. The van der Waals surface area contributed by atoms with Crippen LogP contribution in [0.4, 0.5) is 5.69 Å². The molecule has 0 aliphatic heterocycles. The minimum atomic E-state index is -0.244. The molecule has 0 aliphatic carbocycles. The predicted molar refractivity (Wildman–Crippen MR) is 118 cm³/mol. The summed E-state index contributed by atoms with van der Waals surface area (Å²) in [5.41, 5.74) is 13.5. The largest absolute Gasteiger partial charge is 0.399 e. The fraction of sp³-hybridized carbons (Fsp3) is 0.0833. The number of nitrogen functional groups attached to an aromatic ring is 1. The quantitative estimate of drug-likeness (QED) is 0.305. The minimum Gasteiger partial charge on any atom is -0.399 e. The molecule has 144 valence electrons. The number of hydrazone groups is 1. The van der Waals surface area contributed by atoms with Crippen LogP contribution >= 0.6 is 0 Å². The van der Waals surface area contributed by atoms with E-state index in [2.05, 4.69) is 22.7 Å². The molecule has 1 amide bonds. The lowest BCUT2D eigenvalue weighted by atomic mass is 10.1. The van der Waals surface area contributed by atoms with Crippen molar-refractivity contribution in [3.8, 4) is 0 Å². The van der Waals surface area contributed by atoms with E-state index >= 15 is 0 Å². The van der Waals surface area contributed by atoms with E-state index in [1.807, 2.05) is 84.3 Å². The molecule has 0 bridgehead atoms. The Morgan fingerprint density at radius 3 is 2.41 bits per heavy atom. The van der Waals surface area contributed by atoms with Crippen molar-refractivity contribution in [1.82, 2.24) is 9.99 Å². The number of nitrogens with one attached hydrogen (secondary N) is 1. The molecule has 5 heteroatoms. The standard InChI is InChI=1S/C24H22N4O/c1-17(19-11-13-21(25)14-12-19)26-27-24(29)23-15-20-9-5-6-10-22(20)28(23)16-18-7-3-2-4-8-18/h2-15H,16,25H2,1H3,(H,27,29)/b26-17+. The van der Waals surface area contributed by atoms with Crippen molar-refractivity contribution in [3.05, 3.63) is 102 Å². The molecule has 4 rings (SSSR count). The highest BCUT2D eigenvalue weighted by atomic mass is 16.2. The van der Waals surface area contributed by atoms with Gasteiger partial charge in [-0.1, -0.05) is 60.7 Å². The van der Waals surface area contributed by atoms with Gasteiger partial charge >= 0.3 is 0 Å². The number of nitrogens with two attached hydrogens (primary N) is 1. The maximum atomic E-state index is 13.0. The Kier molecular flexibility index (Phi) is 5.12. The van der Waals surface area contributed by atoms with Crippen LogP contribution in [0.15, 0.2) is 90.0 Å². The molecule has 0 saturated carbocycles. The molecule has 0 atom stereocenters. The third-order valence-electron chi connectivity index (χ3n) is 4.88. The Morgan fingerprint density at radius 2 is 1.66 bits per heavy atom. The van der Waals surface area contributed by atoms with Crippen LogP contribution in [0.2, 0.25) is 0 Å². The maximum absolute atomic E-state index is 13.0. The highest BCUT2D eigenvalue weighted by molar-refractivity contribution is 6.02. The molecule has 1 aromatic heterocycles. The average molecular weight is 382 g/mol. The average Bonchev–Trinajstić information content (AvgIpc) is 3.11. The number of hydrogen-bond donors (Lipinski definition) is 2. The monoisotopic (exact) mass is 382 g/mol. The number of fused-ring (bicyclic) bond motifs is 1. The lowest BCUT2D eigenvalue weighted by Gasteiger charge is -2.10. The van der Waals surface area contributed by atoms with Gasteiger partial charge < -0.3 is 10.3 Å². The molecule has 0 radical (unpaired) electrons. The fourth-order valence-corrected chi connectivity index (χ4v) is 3.32. The third kappa shape index (κ3) is 4.04. The molecule has 4 aromatic rings. The summed E-state index contributed by atoms with van der Waals surface area (Å²) < 4.78 is 2.02. The van der Waals surface area contributed by atoms with Gasteiger partial charge in [0, 0.05) is 23.1 Å². The van der Waals surface area contributed by atoms with Gasteiger partial charge in [0.2, 0.25) is 0 Å². The van der Waals surface area contributed by atoms with Gasteiger partial charge in [0.05, 0.1) is 5.71 Å². The van der Waals surface area contributed by atoms with E-state index < -0.39 is 0 Å². The Hall–Kier alpha value is -3.86. The topological polar surface area (TPSA) is 72.4 Å². The van der Waals surface area contributed by atoms with Crippen molar-refractivity contribution in [3.63, 3.8) is 0 Å². The second-order valence-corrected chi connectivity index (χ2v) is 6.92. The SMILES string of the molecule is C/C(=N\NC(=O)c1cc2ccccc2n1Cc1ccccc1)c1ccc(N)cc1. The zero-order chi connectivity index (χ0) is 20.2. The number of amides is 1. The minimum absolute atomic E-state index is 0.244. The number of hydrogen-bond acceptors (Lipinski definition) is 3. The van der Waals surface area contributed by atoms with Crippen LogP contribution in [0.25, 0.3) is 10.9 Å². The van der Waals surface area contributed by atoms with Crippen LogP contribution in [-0.2, 0) is 6.54 Å². The Bertz CT molecular complexity index is 1170. The zero-order valence-electron chi connectivity index (χ0n) is 16.2. The number of carbonyl (C=O) groups is 1. The van der Waals surface area contributed by atoms with Crippen LogP contribution < -0.4 is 11.2 Å². The number of rotatable bonds is 5. The summed E-state index contributed by atoms with van der Waals surface area (Å²) >= 11 is 0. The van der Waals surface area contributed by atoms with E-state index in [9.17, 15) is 4.79 Å². The van der Waals surface area contributed by atoms with E-state index in [0.717, 1.165) is 22.0 Å². The molecular weight excluding hydrogens is 360 g/mol. The Morgan fingerprint density at radius 1 is 0.966 bits per heavy atom. The summed E-state index contributed by atoms with van der Waals surface area (Å²) in [7, 11) is 0. The van der Waals surface area contributed by atoms with E-state index in [-0.39, 0.29) is 5.91 Å². The van der Waals surface area contributed by atoms with E-state index in [1.54, 1.807) is 0 Å². The molecule has 0 saturated heterocycles. The highest BCUT2D eigenvalue weighted by Crippen LogP contribution is 2.21. The first-order chi connectivity index (χ1) is 14.1. The lowest BCUT2D eigenvalue weighted by molar-refractivity contribution is 0.0946. The summed E-state index contributed by atoms with van der Waals surface area (Å²) in [6.45, 7) is 2.46.